The Morgan fingerprint density at radius 3 is 2.00 bits per heavy atom. The van der Waals surface area contributed by atoms with Crippen molar-refractivity contribution < 1.29 is 0 Å². The molecule has 0 heterocycles. The van der Waals surface area contributed by atoms with Gasteiger partial charge in [0, 0.05) is 0 Å². The first-order valence-corrected chi connectivity index (χ1v) is 6.15. The highest BCUT2D eigenvalue weighted by atomic mass is 79.9. The number of halogens is 1. The van der Waals surface area contributed by atoms with Crippen molar-refractivity contribution in [2.75, 3.05) is 0 Å². The number of hydrogen-bond donors (Lipinski definition) is 0. The first kappa shape index (κ1) is 11.2. The van der Waals surface area contributed by atoms with Gasteiger partial charge in [-0.3, -0.25) is 0 Å². The van der Waals surface area contributed by atoms with Crippen LogP contribution in [0.3, 0.4) is 0 Å². The lowest BCUT2D eigenvalue weighted by molar-refractivity contribution is 1.26. The van der Waals surface area contributed by atoms with Crippen molar-refractivity contribution in [2.24, 2.45) is 0 Å². The molecule has 1 atom stereocenters. The summed E-state index contributed by atoms with van der Waals surface area (Å²) in [6.07, 6.45) is 1.89. The summed E-state index contributed by atoms with van der Waals surface area (Å²) in [7, 11) is 0. The molecule has 0 N–H and O–H groups in total. The molecule has 0 bridgehead atoms. The second-order valence-corrected chi connectivity index (χ2v) is 4.61. The molecule has 0 saturated carbocycles. The molecule has 0 aliphatic rings. The number of allylic oxidation sites excluding steroid dienone is 1. The zero-order chi connectivity index (χ0) is 11.4. The van der Waals surface area contributed by atoms with Crippen LogP contribution in [-0.2, 0) is 0 Å². The summed E-state index contributed by atoms with van der Waals surface area (Å²) in [5.41, 5.74) is 3.72. The summed E-state index contributed by atoms with van der Waals surface area (Å²) in [5, 5.41) is 0. The lowest BCUT2D eigenvalue weighted by Gasteiger charge is -2.06. The summed E-state index contributed by atoms with van der Waals surface area (Å²) in [6.45, 7) is 3.77. The van der Waals surface area contributed by atoms with Crippen molar-refractivity contribution in [1.82, 2.24) is 0 Å². The number of rotatable bonds is 3. The van der Waals surface area contributed by atoms with Crippen molar-refractivity contribution in [2.45, 2.75) is 4.83 Å². The Balaban J connectivity index is 2.30. The van der Waals surface area contributed by atoms with Crippen molar-refractivity contribution in [3.8, 4) is 11.1 Å². The lowest BCUT2D eigenvalue weighted by Crippen LogP contribution is -1.85. The molecule has 0 radical (unpaired) electrons. The van der Waals surface area contributed by atoms with E-state index in [1.165, 1.54) is 16.7 Å². The van der Waals surface area contributed by atoms with Crippen LogP contribution in [0.5, 0.6) is 0 Å². The molecule has 1 unspecified atom stereocenters. The Labute approximate surface area is 105 Å². The van der Waals surface area contributed by atoms with E-state index in [9.17, 15) is 0 Å². The fourth-order valence-electron chi connectivity index (χ4n) is 1.63. The molecule has 0 nitrogen and oxygen atoms in total. The Hall–Kier alpha value is -1.34. The Morgan fingerprint density at radius 1 is 0.875 bits per heavy atom. The molecule has 16 heavy (non-hydrogen) atoms. The van der Waals surface area contributed by atoms with Crippen LogP contribution in [0.25, 0.3) is 11.1 Å². The quantitative estimate of drug-likeness (QED) is 0.546. The van der Waals surface area contributed by atoms with Crippen molar-refractivity contribution >= 4 is 15.9 Å². The standard InChI is InChI=1S/C15H13Br/c1-2-15(16)14-10-8-13(9-11-14)12-6-4-3-5-7-12/h2-11,15H,1H2. The second kappa shape index (κ2) is 5.13. The van der Waals surface area contributed by atoms with Gasteiger partial charge in [-0.15, -0.1) is 6.58 Å². The van der Waals surface area contributed by atoms with Gasteiger partial charge < -0.3 is 0 Å². The van der Waals surface area contributed by atoms with E-state index >= 15 is 0 Å². The zero-order valence-corrected chi connectivity index (χ0v) is 10.5. The van der Waals surface area contributed by atoms with Crippen molar-refractivity contribution in [1.29, 1.82) is 0 Å². The van der Waals surface area contributed by atoms with E-state index in [0.29, 0.717) is 0 Å². The first-order chi connectivity index (χ1) is 7.81. The maximum Gasteiger partial charge on any atom is 0.0572 e. The predicted octanol–water partition coefficient (Wildman–Crippen LogP) is 4.98. The third kappa shape index (κ3) is 2.42. The minimum Gasteiger partial charge on any atom is -0.102 e. The van der Waals surface area contributed by atoms with Gasteiger partial charge in [-0.05, 0) is 16.7 Å². The SMILES string of the molecule is C=CC(Br)c1ccc(-c2ccccc2)cc1. The molecule has 2 aromatic carbocycles. The van der Waals surface area contributed by atoms with E-state index in [1.807, 2.05) is 12.1 Å². The summed E-state index contributed by atoms with van der Waals surface area (Å²) in [6, 6.07) is 18.9. The second-order valence-electron chi connectivity index (χ2n) is 3.63. The van der Waals surface area contributed by atoms with Crippen LogP contribution in [0, 0.1) is 0 Å². The van der Waals surface area contributed by atoms with Gasteiger partial charge in [0.2, 0.25) is 0 Å². The maximum absolute atomic E-state index is 3.77. The molecule has 80 valence electrons. The number of benzene rings is 2. The van der Waals surface area contributed by atoms with E-state index in [2.05, 4.69) is 71.0 Å². The summed E-state index contributed by atoms with van der Waals surface area (Å²) in [5.74, 6) is 0. The van der Waals surface area contributed by atoms with Crippen molar-refractivity contribution in [3.63, 3.8) is 0 Å². The van der Waals surface area contributed by atoms with Crippen LogP contribution in [-0.4, -0.2) is 0 Å². The fraction of sp³-hybridized carbons (Fsp3) is 0.0667. The van der Waals surface area contributed by atoms with Gasteiger partial charge in [0.25, 0.3) is 0 Å². The molecule has 2 rings (SSSR count). The molecular weight excluding hydrogens is 260 g/mol. The molecule has 1 heteroatoms. The van der Waals surface area contributed by atoms with Crippen molar-refractivity contribution in [3.05, 3.63) is 72.8 Å². The van der Waals surface area contributed by atoms with Gasteiger partial charge in [-0.1, -0.05) is 76.6 Å². The molecule has 0 saturated heterocycles. The summed E-state index contributed by atoms with van der Waals surface area (Å²) >= 11 is 3.55. The van der Waals surface area contributed by atoms with Gasteiger partial charge in [0.15, 0.2) is 0 Å². The van der Waals surface area contributed by atoms with Gasteiger partial charge in [-0.25, -0.2) is 0 Å². The van der Waals surface area contributed by atoms with Gasteiger partial charge in [-0.2, -0.15) is 0 Å². The van der Waals surface area contributed by atoms with Crippen LogP contribution < -0.4 is 0 Å². The fourth-order valence-corrected chi connectivity index (χ4v) is 1.93. The van der Waals surface area contributed by atoms with Crippen LogP contribution in [0.4, 0.5) is 0 Å². The average molecular weight is 273 g/mol. The van der Waals surface area contributed by atoms with E-state index in [-0.39, 0.29) is 4.83 Å². The molecule has 0 aliphatic carbocycles. The predicted molar refractivity (Wildman–Crippen MR) is 73.7 cm³/mol. The topological polar surface area (TPSA) is 0 Å². The smallest absolute Gasteiger partial charge is 0.0572 e. The van der Waals surface area contributed by atoms with Crippen LogP contribution >= 0.6 is 15.9 Å². The van der Waals surface area contributed by atoms with Gasteiger partial charge in [0.05, 0.1) is 4.83 Å². The summed E-state index contributed by atoms with van der Waals surface area (Å²) < 4.78 is 0. The molecule has 0 aromatic heterocycles. The molecule has 0 fully saturated rings. The van der Waals surface area contributed by atoms with Gasteiger partial charge in [0.1, 0.15) is 0 Å². The van der Waals surface area contributed by atoms with Crippen LogP contribution in [0.15, 0.2) is 67.3 Å². The van der Waals surface area contributed by atoms with E-state index in [0.717, 1.165) is 0 Å². The Kier molecular flexibility index (Phi) is 3.58. The number of alkyl halides is 1. The summed E-state index contributed by atoms with van der Waals surface area (Å²) in [4.78, 5) is 0.234. The van der Waals surface area contributed by atoms with Gasteiger partial charge >= 0.3 is 0 Å². The highest BCUT2D eigenvalue weighted by Crippen LogP contribution is 2.26. The lowest BCUT2D eigenvalue weighted by atomic mass is 10.0. The monoisotopic (exact) mass is 272 g/mol. The molecular formula is C15H13Br. The Morgan fingerprint density at radius 2 is 1.44 bits per heavy atom. The highest BCUT2D eigenvalue weighted by Gasteiger charge is 2.02. The van der Waals surface area contributed by atoms with E-state index in [1.54, 1.807) is 0 Å². The molecule has 0 spiro atoms. The largest absolute Gasteiger partial charge is 0.102 e. The van der Waals surface area contributed by atoms with E-state index < -0.39 is 0 Å². The third-order valence-electron chi connectivity index (χ3n) is 2.54. The highest BCUT2D eigenvalue weighted by molar-refractivity contribution is 9.09. The van der Waals surface area contributed by atoms with Crippen LogP contribution in [0.2, 0.25) is 0 Å². The minimum atomic E-state index is 0.234. The zero-order valence-electron chi connectivity index (χ0n) is 8.94. The number of hydrogen-bond acceptors (Lipinski definition) is 0. The average Bonchev–Trinajstić information content (AvgIpc) is 2.39. The molecule has 0 amide bonds. The maximum atomic E-state index is 3.77. The molecule has 2 aromatic rings. The minimum absolute atomic E-state index is 0.234. The molecule has 0 aliphatic heterocycles. The Bertz CT molecular complexity index is 457. The third-order valence-corrected chi connectivity index (χ3v) is 3.45. The van der Waals surface area contributed by atoms with E-state index in [4.69, 9.17) is 0 Å². The van der Waals surface area contributed by atoms with Crippen LogP contribution in [0.1, 0.15) is 10.4 Å². The first-order valence-electron chi connectivity index (χ1n) is 5.23. The normalized spacial score (nSPS) is 12.1.